The Morgan fingerprint density at radius 3 is 2.32 bits per heavy atom. The zero-order valence-corrected chi connectivity index (χ0v) is 23.9. The summed E-state index contributed by atoms with van der Waals surface area (Å²) in [4.78, 5) is 8.52. The second-order valence-electron chi connectivity index (χ2n) is 10.3. The van der Waals surface area contributed by atoms with Gasteiger partial charge in [-0.25, -0.2) is 0 Å². The van der Waals surface area contributed by atoms with Crippen LogP contribution in [0.2, 0.25) is 0 Å². The number of thioether (sulfide) groups is 1. The minimum atomic E-state index is 1.03. The molecule has 0 aliphatic carbocycles. The summed E-state index contributed by atoms with van der Waals surface area (Å²) in [5.74, 6) is 1.26. The minimum Gasteiger partial charge on any atom is -0.338 e. The molecule has 1 aliphatic rings. The quantitative estimate of drug-likeness (QED) is 0.204. The van der Waals surface area contributed by atoms with Crippen molar-refractivity contribution in [3.8, 4) is 5.69 Å². The van der Waals surface area contributed by atoms with Gasteiger partial charge in [0.1, 0.15) is 11.2 Å². The Morgan fingerprint density at radius 1 is 0.842 bits per heavy atom. The van der Waals surface area contributed by atoms with Gasteiger partial charge in [-0.05, 0) is 68.9 Å². The van der Waals surface area contributed by atoms with Crippen LogP contribution in [0.15, 0.2) is 94.9 Å². The molecule has 38 heavy (non-hydrogen) atoms. The molecule has 0 fully saturated rings. The fraction of sp³-hybridized carbons (Fsp3) is 0.303. The van der Waals surface area contributed by atoms with Crippen molar-refractivity contribution in [2.75, 3.05) is 50.6 Å². The summed E-state index contributed by atoms with van der Waals surface area (Å²) in [5, 5.41) is 2.52. The van der Waals surface area contributed by atoms with Crippen molar-refractivity contribution in [2.24, 2.45) is 0 Å². The van der Waals surface area contributed by atoms with Gasteiger partial charge in [-0.3, -0.25) is 4.90 Å². The molecular weight excluding hydrogens is 484 g/mol. The number of hydrogen-bond donors (Lipinski definition) is 0. The van der Waals surface area contributed by atoms with Crippen LogP contribution in [-0.4, -0.2) is 45.7 Å². The number of aromatic nitrogens is 1. The molecule has 0 atom stereocenters. The predicted molar refractivity (Wildman–Crippen MR) is 164 cm³/mol. The zero-order valence-electron chi connectivity index (χ0n) is 23.1. The first kappa shape index (κ1) is 26.3. The van der Waals surface area contributed by atoms with Gasteiger partial charge in [0.05, 0.1) is 23.8 Å². The fourth-order valence-electron chi connectivity index (χ4n) is 5.17. The van der Waals surface area contributed by atoms with E-state index in [0.717, 1.165) is 26.1 Å². The highest BCUT2D eigenvalue weighted by atomic mass is 32.2. The standard InChI is InChI=1S/C33H39N4S/c1-5-6-22-36(23-14-21-34(2)3)32-24-26(25-33-35(4)30-19-12-13-20-31(30)38-33)28-17-10-11-18-29(28)37(32)27-15-8-7-9-16-27/h7-13,15-20,24-25H,5-6,14,21-23H2,1-4H3/q+1. The van der Waals surface area contributed by atoms with Crippen molar-refractivity contribution in [1.82, 2.24) is 4.90 Å². The molecule has 5 heteroatoms. The van der Waals surface area contributed by atoms with Crippen molar-refractivity contribution in [3.05, 3.63) is 95.5 Å². The van der Waals surface area contributed by atoms with Crippen LogP contribution >= 0.6 is 11.8 Å². The lowest BCUT2D eigenvalue weighted by atomic mass is 10.1. The Kier molecular flexibility index (Phi) is 8.35. The van der Waals surface area contributed by atoms with E-state index < -0.39 is 0 Å². The van der Waals surface area contributed by atoms with Gasteiger partial charge >= 0.3 is 0 Å². The number of anilines is 2. The maximum absolute atomic E-state index is 2.61. The molecule has 0 amide bonds. The lowest BCUT2D eigenvalue weighted by Crippen LogP contribution is -2.42. The molecule has 0 saturated heterocycles. The van der Waals surface area contributed by atoms with Crippen LogP contribution in [-0.2, 0) is 0 Å². The number of pyridine rings is 1. The Hall–Kier alpha value is -3.28. The number of para-hydroxylation sites is 3. The van der Waals surface area contributed by atoms with E-state index >= 15 is 0 Å². The summed E-state index contributed by atoms with van der Waals surface area (Å²) in [6.07, 6.45) is 5.86. The van der Waals surface area contributed by atoms with Crippen LogP contribution < -0.4 is 14.4 Å². The summed E-state index contributed by atoms with van der Waals surface area (Å²) in [6, 6.07) is 30.8. The molecule has 0 spiro atoms. The predicted octanol–water partition coefficient (Wildman–Crippen LogP) is 7.22. The maximum atomic E-state index is 2.61. The van der Waals surface area contributed by atoms with E-state index in [1.807, 2.05) is 11.8 Å². The average molecular weight is 524 g/mol. The van der Waals surface area contributed by atoms with E-state index in [0.29, 0.717) is 0 Å². The molecule has 0 unspecified atom stereocenters. The highest BCUT2D eigenvalue weighted by Gasteiger charge is 2.26. The molecule has 2 heterocycles. The minimum absolute atomic E-state index is 1.03. The van der Waals surface area contributed by atoms with Gasteiger partial charge in [0.2, 0.25) is 0 Å². The van der Waals surface area contributed by atoms with Crippen molar-refractivity contribution in [1.29, 1.82) is 0 Å². The topological polar surface area (TPSA) is 13.6 Å². The van der Waals surface area contributed by atoms with Gasteiger partial charge in [-0.15, -0.1) is 0 Å². The molecule has 5 rings (SSSR count). The third-order valence-corrected chi connectivity index (χ3v) is 8.34. The summed E-state index contributed by atoms with van der Waals surface area (Å²) >= 11 is 1.85. The van der Waals surface area contributed by atoms with Gasteiger partial charge in [-0.1, -0.05) is 73.6 Å². The maximum Gasteiger partial charge on any atom is 0.282 e. The Labute approximate surface area is 232 Å². The SMILES string of the molecule is CCCCN(CCCN(C)C)c1cc(C=C2Sc3ccccc3N2C)c2ccccc2[n+]1-c1ccccc1. The van der Waals surface area contributed by atoms with E-state index in [1.165, 1.54) is 56.4 Å². The molecule has 0 saturated carbocycles. The number of fused-ring (bicyclic) bond motifs is 2. The summed E-state index contributed by atoms with van der Waals surface area (Å²) in [5.41, 5.74) is 4.97. The summed E-state index contributed by atoms with van der Waals surface area (Å²) in [6.45, 7) is 5.44. The van der Waals surface area contributed by atoms with Gasteiger partial charge in [0.25, 0.3) is 5.82 Å². The van der Waals surface area contributed by atoms with Gasteiger partial charge in [-0.2, -0.15) is 4.57 Å². The fourth-order valence-corrected chi connectivity index (χ4v) is 6.27. The molecule has 196 valence electrons. The summed E-state index contributed by atoms with van der Waals surface area (Å²) in [7, 11) is 6.50. The number of nitrogens with zero attached hydrogens (tertiary/aromatic N) is 4. The first-order chi connectivity index (χ1) is 18.6. The molecule has 3 aromatic carbocycles. The van der Waals surface area contributed by atoms with Crippen molar-refractivity contribution < 1.29 is 4.57 Å². The Morgan fingerprint density at radius 2 is 1.55 bits per heavy atom. The van der Waals surface area contributed by atoms with Crippen molar-refractivity contribution in [2.45, 2.75) is 31.1 Å². The first-order valence-electron chi connectivity index (χ1n) is 13.7. The highest BCUT2D eigenvalue weighted by molar-refractivity contribution is 8.03. The second-order valence-corrected chi connectivity index (χ2v) is 11.3. The highest BCUT2D eigenvalue weighted by Crippen LogP contribution is 2.45. The Bertz CT molecular complexity index is 1410. The third-order valence-electron chi connectivity index (χ3n) is 7.17. The van der Waals surface area contributed by atoms with Crippen LogP contribution in [0.4, 0.5) is 11.5 Å². The smallest absolute Gasteiger partial charge is 0.282 e. The first-order valence-corrected chi connectivity index (χ1v) is 14.5. The molecule has 0 N–H and O–H groups in total. The van der Waals surface area contributed by atoms with Crippen LogP contribution in [0.1, 0.15) is 31.7 Å². The molecule has 1 aliphatic heterocycles. The lowest BCUT2D eigenvalue weighted by molar-refractivity contribution is -0.553. The number of unbranched alkanes of at least 4 members (excludes halogenated alkanes) is 1. The number of hydrogen-bond acceptors (Lipinski definition) is 4. The third kappa shape index (κ3) is 5.59. The zero-order chi connectivity index (χ0) is 26.5. The molecular formula is C33H39N4S+. The number of rotatable bonds is 10. The molecule has 0 bridgehead atoms. The van der Waals surface area contributed by atoms with E-state index in [1.54, 1.807) is 0 Å². The normalized spacial score (nSPS) is 14.0. The van der Waals surface area contributed by atoms with E-state index in [4.69, 9.17) is 0 Å². The number of benzene rings is 3. The van der Waals surface area contributed by atoms with Gasteiger partial charge < -0.3 is 9.80 Å². The van der Waals surface area contributed by atoms with Gasteiger partial charge in [0, 0.05) is 29.9 Å². The van der Waals surface area contributed by atoms with Gasteiger partial charge in [0.15, 0.2) is 0 Å². The van der Waals surface area contributed by atoms with Crippen LogP contribution in [0.5, 0.6) is 0 Å². The molecule has 4 aromatic rings. The largest absolute Gasteiger partial charge is 0.338 e. The van der Waals surface area contributed by atoms with Crippen molar-refractivity contribution >= 4 is 40.2 Å². The summed E-state index contributed by atoms with van der Waals surface area (Å²) < 4.78 is 2.46. The average Bonchev–Trinajstić information content (AvgIpc) is 3.25. The lowest BCUT2D eigenvalue weighted by Gasteiger charge is -2.23. The van der Waals surface area contributed by atoms with E-state index in [2.05, 4.69) is 138 Å². The van der Waals surface area contributed by atoms with Crippen LogP contribution in [0, 0.1) is 0 Å². The van der Waals surface area contributed by atoms with E-state index in [-0.39, 0.29) is 0 Å². The Balaban J connectivity index is 1.68. The molecule has 4 nitrogen and oxygen atoms in total. The monoisotopic (exact) mass is 523 g/mol. The van der Waals surface area contributed by atoms with Crippen LogP contribution in [0.25, 0.3) is 22.7 Å². The second kappa shape index (κ2) is 12.1. The van der Waals surface area contributed by atoms with E-state index in [9.17, 15) is 0 Å². The van der Waals surface area contributed by atoms with Crippen LogP contribution in [0.3, 0.4) is 0 Å². The molecule has 1 aromatic heterocycles. The molecule has 0 radical (unpaired) electrons. The van der Waals surface area contributed by atoms with Crippen molar-refractivity contribution in [3.63, 3.8) is 0 Å².